The number of nitrogens with zero attached hydrogens (tertiary/aromatic N) is 4. The molecule has 0 N–H and O–H groups in total. The smallest absolute Gasteiger partial charge is 0.268 e. The molecule has 2 amide bonds. The summed E-state index contributed by atoms with van der Waals surface area (Å²) in [5, 5.41) is 3.76. The molecule has 7 nitrogen and oxygen atoms in total. The normalized spacial score (nSPS) is 18.2. The van der Waals surface area contributed by atoms with Crippen LogP contribution in [0.25, 0.3) is 0 Å². The number of rotatable bonds is 6. The lowest BCUT2D eigenvalue weighted by Gasteiger charge is -2.36. The van der Waals surface area contributed by atoms with Crippen LogP contribution in [0.5, 0.6) is 0 Å². The second-order valence-electron chi connectivity index (χ2n) is 6.33. The fourth-order valence-electron chi connectivity index (χ4n) is 2.83. The predicted octanol–water partition coefficient (Wildman–Crippen LogP) is 0.565. The molecule has 0 spiro atoms. The van der Waals surface area contributed by atoms with Gasteiger partial charge in [-0.1, -0.05) is 35.5 Å². The molecule has 0 radical (unpaired) electrons. The highest BCUT2D eigenvalue weighted by Gasteiger charge is 2.25. The Morgan fingerprint density at radius 3 is 2.36 bits per heavy atom. The fourth-order valence-corrected chi connectivity index (χ4v) is 2.83. The maximum absolute atomic E-state index is 12.1. The minimum atomic E-state index is -0.151. The average Bonchev–Trinajstić information content (AvgIpc) is 2.58. The Labute approximate surface area is 147 Å². The van der Waals surface area contributed by atoms with Crippen LogP contribution in [0.1, 0.15) is 12.0 Å². The van der Waals surface area contributed by atoms with Gasteiger partial charge >= 0.3 is 0 Å². The number of hydrogen-bond acceptors (Lipinski definition) is 5. The summed E-state index contributed by atoms with van der Waals surface area (Å²) in [5.74, 6) is 0.0451. The topological polar surface area (TPSA) is 65.5 Å². The van der Waals surface area contributed by atoms with E-state index in [1.165, 1.54) is 6.21 Å². The van der Waals surface area contributed by atoms with Gasteiger partial charge in [0.05, 0.1) is 6.54 Å². The number of carbonyl (C=O) groups excluding carboxylic acids is 2. The van der Waals surface area contributed by atoms with Crippen LogP contribution in [0.3, 0.4) is 0 Å². The van der Waals surface area contributed by atoms with Gasteiger partial charge in [-0.15, -0.1) is 0 Å². The van der Waals surface area contributed by atoms with Crippen molar-refractivity contribution in [3.05, 3.63) is 35.9 Å². The van der Waals surface area contributed by atoms with Crippen molar-refractivity contribution in [2.24, 2.45) is 5.16 Å². The highest BCUT2D eigenvalue weighted by atomic mass is 16.6. The van der Waals surface area contributed by atoms with E-state index in [2.05, 4.69) is 10.1 Å². The molecule has 2 aliphatic rings. The van der Waals surface area contributed by atoms with E-state index in [0.29, 0.717) is 39.3 Å². The molecule has 1 aromatic carbocycles. The number of likely N-dealkylation sites (tertiary alicyclic amines) is 1. The average molecular weight is 344 g/mol. The molecule has 7 heteroatoms. The summed E-state index contributed by atoms with van der Waals surface area (Å²) in [6, 6.07) is 9.68. The summed E-state index contributed by atoms with van der Waals surface area (Å²) in [6.45, 7) is 5.21. The summed E-state index contributed by atoms with van der Waals surface area (Å²) in [5.41, 5.74) is 1.01. The molecule has 0 saturated carbocycles. The second kappa shape index (κ2) is 8.62. The summed E-state index contributed by atoms with van der Waals surface area (Å²) in [4.78, 5) is 35.0. The van der Waals surface area contributed by atoms with Gasteiger partial charge < -0.3 is 14.6 Å². The molecule has 134 valence electrons. The van der Waals surface area contributed by atoms with Crippen LogP contribution in [-0.4, -0.2) is 78.5 Å². The minimum Gasteiger partial charge on any atom is -0.391 e. The van der Waals surface area contributed by atoms with Crippen molar-refractivity contribution in [2.75, 3.05) is 45.8 Å². The summed E-state index contributed by atoms with van der Waals surface area (Å²) in [6.07, 6.45) is 2.34. The fraction of sp³-hybridized carbons (Fsp3) is 0.500. The van der Waals surface area contributed by atoms with Crippen LogP contribution in [0.15, 0.2) is 35.5 Å². The Kier molecular flexibility index (Phi) is 6.00. The van der Waals surface area contributed by atoms with Crippen molar-refractivity contribution in [2.45, 2.75) is 13.0 Å². The summed E-state index contributed by atoms with van der Waals surface area (Å²) >= 11 is 0. The van der Waals surface area contributed by atoms with Crippen LogP contribution < -0.4 is 0 Å². The summed E-state index contributed by atoms with van der Waals surface area (Å²) < 4.78 is 0. The zero-order valence-electron chi connectivity index (χ0n) is 14.3. The van der Waals surface area contributed by atoms with Gasteiger partial charge in [0, 0.05) is 39.3 Å². The zero-order valence-corrected chi connectivity index (χ0v) is 14.3. The number of carbonyl (C=O) groups is 2. The molecule has 3 rings (SSSR count). The Hall–Kier alpha value is -2.41. The van der Waals surface area contributed by atoms with Crippen LogP contribution in [0.4, 0.5) is 0 Å². The third kappa shape index (κ3) is 5.03. The maximum atomic E-state index is 12.1. The van der Waals surface area contributed by atoms with E-state index in [1.807, 2.05) is 35.2 Å². The second-order valence-corrected chi connectivity index (χ2v) is 6.33. The lowest BCUT2D eigenvalue weighted by atomic mass is 10.2. The number of piperazine rings is 1. The van der Waals surface area contributed by atoms with E-state index in [-0.39, 0.29) is 11.8 Å². The lowest BCUT2D eigenvalue weighted by molar-refractivity contribution is -0.136. The first-order chi connectivity index (χ1) is 12.2. The molecule has 2 saturated heterocycles. The van der Waals surface area contributed by atoms with Crippen LogP contribution in [0.2, 0.25) is 0 Å². The SMILES string of the molecule is O=C(/C=N/OCc1ccccc1)N1CCN(CC(=O)N2CCC2)CC1. The van der Waals surface area contributed by atoms with Crippen molar-refractivity contribution in [3.63, 3.8) is 0 Å². The molecule has 0 atom stereocenters. The molecule has 0 aromatic heterocycles. The number of amides is 2. The van der Waals surface area contributed by atoms with Crippen molar-refractivity contribution >= 4 is 18.0 Å². The Morgan fingerprint density at radius 2 is 1.72 bits per heavy atom. The first kappa shape index (κ1) is 17.4. The first-order valence-corrected chi connectivity index (χ1v) is 8.70. The highest BCUT2D eigenvalue weighted by Crippen LogP contribution is 2.08. The van der Waals surface area contributed by atoms with Gasteiger partial charge in [0.1, 0.15) is 12.8 Å². The van der Waals surface area contributed by atoms with Crippen molar-refractivity contribution < 1.29 is 14.4 Å². The van der Waals surface area contributed by atoms with Crippen LogP contribution in [-0.2, 0) is 21.0 Å². The van der Waals surface area contributed by atoms with Gasteiger partial charge in [0.2, 0.25) is 5.91 Å². The molecule has 0 bridgehead atoms. The van der Waals surface area contributed by atoms with Gasteiger partial charge in [-0.3, -0.25) is 14.5 Å². The van der Waals surface area contributed by atoms with Gasteiger partial charge in [-0.25, -0.2) is 0 Å². The number of oxime groups is 1. The van der Waals surface area contributed by atoms with E-state index in [4.69, 9.17) is 4.84 Å². The molecule has 25 heavy (non-hydrogen) atoms. The third-order valence-electron chi connectivity index (χ3n) is 4.56. The Balaban J connectivity index is 1.34. The van der Waals surface area contributed by atoms with Crippen molar-refractivity contribution in [1.82, 2.24) is 14.7 Å². The lowest BCUT2D eigenvalue weighted by Crippen LogP contribution is -2.53. The van der Waals surface area contributed by atoms with Crippen molar-refractivity contribution in [1.29, 1.82) is 0 Å². The quantitative estimate of drug-likeness (QED) is 0.559. The standard InChI is InChI=1S/C18H24N4O3/c23-17(13-19-25-15-16-5-2-1-3-6-16)22-11-9-20(10-12-22)14-18(24)21-7-4-8-21/h1-3,5-6,13H,4,7-12,14-15H2/b19-13+. The van der Waals surface area contributed by atoms with Crippen LogP contribution in [0, 0.1) is 0 Å². The summed E-state index contributed by atoms with van der Waals surface area (Å²) in [7, 11) is 0. The van der Waals surface area contributed by atoms with E-state index in [0.717, 1.165) is 25.1 Å². The molecule has 1 aromatic rings. The third-order valence-corrected chi connectivity index (χ3v) is 4.56. The zero-order chi connectivity index (χ0) is 17.5. The highest BCUT2D eigenvalue weighted by molar-refractivity contribution is 6.25. The Morgan fingerprint density at radius 1 is 1.00 bits per heavy atom. The first-order valence-electron chi connectivity index (χ1n) is 8.70. The predicted molar refractivity (Wildman–Crippen MR) is 93.9 cm³/mol. The molecular weight excluding hydrogens is 320 g/mol. The molecule has 2 fully saturated rings. The largest absolute Gasteiger partial charge is 0.391 e. The maximum Gasteiger partial charge on any atom is 0.268 e. The number of hydrogen-bond donors (Lipinski definition) is 0. The van der Waals surface area contributed by atoms with E-state index >= 15 is 0 Å². The molecule has 0 aliphatic carbocycles. The minimum absolute atomic E-state index is 0.151. The van der Waals surface area contributed by atoms with Crippen molar-refractivity contribution in [3.8, 4) is 0 Å². The monoisotopic (exact) mass is 344 g/mol. The molecule has 2 aliphatic heterocycles. The molecule has 2 heterocycles. The van der Waals surface area contributed by atoms with Gasteiger partial charge in [0.25, 0.3) is 5.91 Å². The molecule has 0 unspecified atom stereocenters. The Bertz CT molecular complexity index is 608. The molecular formula is C18H24N4O3. The van der Waals surface area contributed by atoms with Crippen LogP contribution >= 0.6 is 0 Å². The van der Waals surface area contributed by atoms with E-state index in [1.54, 1.807) is 4.90 Å². The van der Waals surface area contributed by atoms with Gasteiger partial charge in [0.15, 0.2) is 0 Å². The van der Waals surface area contributed by atoms with Gasteiger partial charge in [-0.2, -0.15) is 0 Å². The van der Waals surface area contributed by atoms with Gasteiger partial charge in [-0.05, 0) is 12.0 Å². The van der Waals surface area contributed by atoms with E-state index < -0.39 is 0 Å². The number of benzene rings is 1. The van der Waals surface area contributed by atoms with E-state index in [9.17, 15) is 9.59 Å².